The molecule has 2 aliphatic rings. The third kappa shape index (κ3) is 2.72. The van der Waals surface area contributed by atoms with Crippen molar-refractivity contribution >= 4 is 49.0 Å². The van der Waals surface area contributed by atoms with Gasteiger partial charge in [0.15, 0.2) is 0 Å². The number of aliphatic imine (C=N–C) groups is 2. The van der Waals surface area contributed by atoms with E-state index in [-0.39, 0.29) is 5.41 Å². The van der Waals surface area contributed by atoms with E-state index in [4.69, 9.17) is 9.98 Å². The molecule has 4 heteroatoms. The zero-order chi connectivity index (χ0) is 16.8. The van der Waals surface area contributed by atoms with Crippen LogP contribution in [-0.4, -0.2) is 11.4 Å². The molecule has 2 nitrogen and oxygen atoms in total. The van der Waals surface area contributed by atoms with Crippen molar-refractivity contribution in [3.8, 4) is 0 Å². The van der Waals surface area contributed by atoms with E-state index in [9.17, 15) is 0 Å². The first-order chi connectivity index (χ1) is 10.8. The Labute approximate surface area is 154 Å². The summed E-state index contributed by atoms with van der Waals surface area (Å²) in [4.78, 5) is 9.91. The van der Waals surface area contributed by atoms with Gasteiger partial charge in [-0.3, -0.25) is 0 Å². The van der Waals surface area contributed by atoms with Crippen LogP contribution in [0.15, 0.2) is 61.1 Å². The number of hydrogen-bond donors (Lipinski definition) is 0. The molecule has 0 aromatic heterocycles. The summed E-state index contributed by atoms with van der Waals surface area (Å²) in [5.41, 5.74) is 7.16. The summed E-state index contributed by atoms with van der Waals surface area (Å²) < 4.78 is 0.833. The zero-order valence-electron chi connectivity index (χ0n) is 13.6. The molecule has 1 atom stereocenters. The van der Waals surface area contributed by atoms with Gasteiger partial charge in [0.25, 0.3) is 0 Å². The Balaban J connectivity index is 2.26. The predicted octanol–water partition coefficient (Wildman–Crippen LogP) is 6.31. The van der Waals surface area contributed by atoms with Crippen molar-refractivity contribution in [3.63, 3.8) is 0 Å². The van der Waals surface area contributed by atoms with Crippen LogP contribution in [0.3, 0.4) is 0 Å². The number of aryl methyl sites for hydroxylation is 2. The fourth-order valence-corrected chi connectivity index (χ4v) is 3.71. The highest BCUT2D eigenvalue weighted by atomic mass is 79.9. The molecule has 0 spiro atoms. The van der Waals surface area contributed by atoms with E-state index in [0.29, 0.717) is 0 Å². The molecule has 23 heavy (non-hydrogen) atoms. The molecule has 0 radical (unpaired) electrons. The summed E-state index contributed by atoms with van der Waals surface area (Å²) in [6.07, 6.45) is 6.38. The fourth-order valence-electron chi connectivity index (χ4n) is 3.15. The maximum absolute atomic E-state index is 5.06. The first-order valence-electron chi connectivity index (χ1n) is 7.51. The lowest BCUT2D eigenvalue weighted by molar-refractivity contribution is 0.837. The van der Waals surface area contributed by atoms with Crippen LogP contribution in [0.25, 0.3) is 0 Å². The van der Waals surface area contributed by atoms with Crippen LogP contribution in [0.5, 0.6) is 0 Å². The van der Waals surface area contributed by atoms with Crippen LogP contribution < -0.4 is 0 Å². The van der Waals surface area contributed by atoms with Crippen LogP contribution in [-0.2, 0) is 0 Å². The van der Waals surface area contributed by atoms with Gasteiger partial charge in [0.2, 0.25) is 0 Å². The molecule has 0 bridgehead atoms. The maximum Gasteiger partial charge on any atom is 0.107 e. The van der Waals surface area contributed by atoms with E-state index < -0.39 is 0 Å². The Kier molecular flexibility index (Phi) is 4.32. The number of nitrogens with zero attached hydrogens (tertiary/aromatic N) is 2. The topological polar surface area (TPSA) is 24.7 Å². The van der Waals surface area contributed by atoms with Gasteiger partial charge in [-0.1, -0.05) is 36.4 Å². The second-order valence-electron chi connectivity index (χ2n) is 6.18. The third-order valence-electron chi connectivity index (χ3n) is 4.42. The fraction of sp³-hybridized carbons (Fsp3) is 0.263. The molecule has 0 saturated heterocycles. The highest BCUT2D eigenvalue weighted by Crippen LogP contribution is 2.43. The second kappa shape index (κ2) is 5.99. The number of rotatable bonds is 1. The van der Waals surface area contributed by atoms with Gasteiger partial charge in [-0.15, -0.1) is 0 Å². The van der Waals surface area contributed by atoms with Crippen molar-refractivity contribution < 1.29 is 0 Å². The summed E-state index contributed by atoms with van der Waals surface area (Å²) in [5, 5.41) is 0. The number of halogens is 2. The van der Waals surface area contributed by atoms with Crippen molar-refractivity contribution in [2.75, 3.05) is 0 Å². The summed E-state index contributed by atoms with van der Waals surface area (Å²) in [7, 11) is 0. The standard InChI is InChI=1S/C19H18Br2N2/c1-11-7-5-8-12(2)14(11)22-17-15(18(20)21)23-16-13(3)9-6-10-19(16,17)4/h5-10H,1-4H3. The second-order valence-corrected chi connectivity index (χ2v) is 8.83. The molecule has 0 amide bonds. The van der Waals surface area contributed by atoms with Gasteiger partial charge in [0, 0.05) is 0 Å². The lowest BCUT2D eigenvalue weighted by Gasteiger charge is -2.26. The number of para-hydroxylation sites is 1. The Morgan fingerprint density at radius 3 is 2.39 bits per heavy atom. The van der Waals surface area contributed by atoms with Gasteiger partial charge in [0.05, 0.1) is 25.9 Å². The normalized spacial score (nSPS) is 24.6. The SMILES string of the molecule is CC1=CC=CC2(C)C1=NC(=C(Br)Br)C2=Nc1c(C)cccc1C. The molecule has 1 aromatic rings. The monoisotopic (exact) mass is 432 g/mol. The molecule has 3 rings (SSSR count). The predicted molar refractivity (Wildman–Crippen MR) is 106 cm³/mol. The van der Waals surface area contributed by atoms with Crippen LogP contribution in [0, 0.1) is 19.3 Å². The van der Waals surface area contributed by atoms with E-state index in [2.05, 4.69) is 96.0 Å². The molecule has 1 unspecified atom stereocenters. The van der Waals surface area contributed by atoms with E-state index in [1.165, 1.54) is 16.7 Å². The molecule has 0 N–H and O–H groups in total. The minimum Gasteiger partial charge on any atom is -0.249 e. The third-order valence-corrected chi connectivity index (χ3v) is 5.17. The van der Waals surface area contributed by atoms with Gasteiger partial charge >= 0.3 is 0 Å². The highest BCUT2D eigenvalue weighted by molar-refractivity contribution is 9.28. The summed E-state index contributed by atoms with van der Waals surface area (Å²) in [6, 6.07) is 6.26. The van der Waals surface area contributed by atoms with E-state index in [1.807, 2.05) is 0 Å². The van der Waals surface area contributed by atoms with Crippen LogP contribution in [0.4, 0.5) is 5.69 Å². The lowest BCUT2D eigenvalue weighted by Crippen LogP contribution is -2.32. The van der Waals surface area contributed by atoms with Crippen molar-refractivity contribution in [2.45, 2.75) is 27.7 Å². The summed E-state index contributed by atoms with van der Waals surface area (Å²) in [5.74, 6) is 0. The number of fused-ring (bicyclic) bond motifs is 1. The van der Waals surface area contributed by atoms with Gasteiger partial charge in [-0.2, -0.15) is 0 Å². The molecular weight excluding hydrogens is 416 g/mol. The largest absolute Gasteiger partial charge is 0.249 e. The average molecular weight is 434 g/mol. The highest BCUT2D eigenvalue weighted by Gasteiger charge is 2.43. The maximum atomic E-state index is 5.06. The molecule has 1 heterocycles. The van der Waals surface area contributed by atoms with Crippen LogP contribution in [0.1, 0.15) is 25.0 Å². The van der Waals surface area contributed by atoms with Crippen molar-refractivity contribution in [1.29, 1.82) is 0 Å². The lowest BCUT2D eigenvalue weighted by atomic mass is 9.76. The summed E-state index contributed by atoms with van der Waals surface area (Å²) >= 11 is 7.07. The first-order valence-corrected chi connectivity index (χ1v) is 9.10. The van der Waals surface area contributed by atoms with Crippen molar-refractivity contribution in [3.05, 3.63) is 62.2 Å². The smallest absolute Gasteiger partial charge is 0.107 e. The van der Waals surface area contributed by atoms with E-state index in [0.717, 1.165) is 26.2 Å². The number of hydrogen-bond acceptors (Lipinski definition) is 2. The van der Waals surface area contributed by atoms with Crippen molar-refractivity contribution in [1.82, 2.24) is 0 Å². The van der Waals surface area contributed by atoms with Gasteiger partial charge in [-0.05, 0) is 76.3 Å². The van der Waals surface area contributed by atoms with Crippen LogP contribution in [0.2, 0.25) is 0 Å². The van der Waals surface area contributed by atoms with Crippen LogP contribution >= 0.6 is 31.9 Å². The molecular formula is C19H18Br2N2. The minimum atomic E-state index is -0.296. The average Bonchev–Trinajstić information content (AvgIpc) is 2.77. The number of benzene rings is 1. The molecule has 118 valence electrons. The molecule has 1 aromatic carbocycles. The molecule has 0 fully saturated rings. The quantitative estimate of drug-likeness (QED) is 0.495. The molecule has 1 aliphatic carbocycles. The first kappa shape index (κ1) is 16.6. The Hall–Kier alpha value is -1.26. The minimum absolute atomic E-state index is 0.296. The van der Waals surface area contributed by atoms with Gasteiger partial charge < -0.3 is 0 Å². The van der Waals surface area contributed by atoms with Gasteiger partial charge in [0.1, 0.15) is 5.70 Å². The Morgan fingerprint density at radius 1 is 1.13 bits per heavy atom. The number of allylic oxidation sites excluding steroid dienone is 5. The molecule has 0 saturated carbocycles. The van der Waals surface area contributed by atoms with E-state index in [1.54, 1.807) is 0 Å². The molecule has 1 aliphatic heterocycles. The van der Waals surface area contributed by atoms with Crippen molar-refractivity contribution in [2.24, 2.45) is 15.4 Å². The summed E-state index contributed by atoms with van der Waals surface area (Å²) in [6.45, 7) is 8.48. The van der Waals surface area contributed by atoms with Gasteiger partial charge in [-0.25, -0.2) is 9.98 Å². The Bertz CT molecular complexity index is 817. The Morgan fingerprint density at radius 2 is 1.78 bits per heavy atom. The van der Waals surface area contributed by atoms with E-state index >= 15 is 0 Å². The zero-order valence-corrected chi connectivity index (χ0v) is 16.8.